The Hall–Kier alpha value is -2.95. The van der Waals surface area contributed by atoms with Crippen LogP contribution in [0.4, 0.5) is 8.78 Å². The van der Waals surface area contributed by atoms with Gasteiger partial charge in [-0.25, -0.2) is 13.5 Å². The van der Waals surface area contributed by atoms with E-state index in [2.05, 4.69) is 11.4 Å². The molecule has 0 unspecified atom stereocenters. The van der Waals surface area contributed by atoms with Crippen LogP contribution in [-0.4, -0.2) is 60.5 Å². The van der Waals surface area contributed by atoms with Crippen LogP contribution in [0.2, 0.25) is 0 Å². The molecule has 2 aromatic carbocycles. The summed E-state index contributed by atoms with van der Waals surface area (Å²) in [7, 11) is 1.61. The maximum Gasteiger partial charge on any atom is 0.159 e. The fourth-order valence-electron chi connectivity index (χ4n) is 5.39. The first kappa shape index (κ1) is 30.0. The first-order chi connectivity index (χ1) is 18.9. The number of para-hydroxylation sites is 1. The molecule has 2 atom stereocenters. The number of Topliss-reactive ketones (excluding diaryl/α,β-unsaturated/α-hetero) is 1. The number of carbonyl (C=O) groups excluding carboxylic acids is 1. The zero-order chi connectivity index (χ0) is 27.4. The molecule has 0 radical (unpaired) electrons. The highest BCUT2D eigenvalue weighted by Crippen LogP contribution is 2.37. The number of halogens is 3. The van der Waals surface area contributed by atoms with Crippen molar-refractivity contribution in [2.45, 2.75) is 32.3 Å². The second-order valence-corrected chi connectivity index (χ2v) is 10.1. The van der Waals surface area contributed by atoms with Crippen LogP contribution in [-0.2, 0) is 20.8 Å². The van der Waals surface area contributed by atoms with Crippen LogP contribution < -0.4 is 5.32 Å². The van der Waals surface area contributed by atoms with Crippen molar-refractivity contribution in [1.29, 1.82) is 0 Å². The van der Waals surface area contributed by atoms with Crippen molar-refractivity contribution in [3.05, 3.63) is 88.8 Å². The summed E-state index contributed by atoms with van der Waals surface area (Å²) in [5.74, 6) is -2.03. The van der Waals surface area contributed by atoms with Crippen LogP contribution in [0.25, 0.3) is 11.3 Å². The summed E-state index contributed by atoms with van der Waals surface area (Å²) in [5.41, 5.74) is 5.39. The monoisotopic (exact) mass is 572 g/mol. The Balaban J connectivity index is 0.00000370. The van der Waals surface area contributed by atoms with Crippen LogP contribution in [0.1, 0.15) is 41.5 Å². The molecule has 1 saturated heterocycles. The molecule has 0 aliphatic carbocycles. The Bertz CT molecular complexity index is 1350. The zero-order valence-electron chi connectivity index (χ0n) is 22.7. The molecule has 0 saturated carbocycles. The maximum absolute atomic E-state index is 14.1. The number of hydrogen-bond donors (Lipinski definition) is 1. The van der Waals surface area contributed by atoms with Gasteiger partial charge in [-0.3, -0.25) is 9.63 Å². The highest BCUT2D eigenvalue weighted by atomic mass is 35.5. The van der Waals surface area contributed by atoms with E-state index in [0.29, 0.717) is 25.3 Å². The molecule has 3 aromatic rings. The first-order valence-electron chi connectivity index (χ1n) is 13.4. The minimum atomic E-state index is -0.932. The molecule has 10 heteroatoms. The van der Waals surface area contributed by atoms with Crippen LogP contribution in [0, 0.1) is 24.5 Å². The minimum absolute atomic E-state index is 0. The normalized spacial score (nSPS) is 19.4. The van der Waals surface area contributed by atoms with Gasteiger partial charge in [0.05, 0.1) is 23.7 Å². The molecule has 3 heterocycles. The van der Waals surface area contributed by atoms with Gasteiger partial charge in [0.2, 0.25) is 0 Å². The van der Waals surface area contributed by atoms with Gasteiger partial charge >= 0.3 is 0 Å². The predicted octanol–water partition coefficient (Wildman–Crippen LogP) is 5.01. The maximum atomic E-state index is 14.1. The highest BCUT2D eigenvalue weighted by Gasteiger charge is 2.37. The number of carbonyl (C=O) groups is 1. The Morgan fingerprint density at radius 2 is 1.98 bits per heavy atom. The average molecular weight is 573 g/mol. The van der Waals surface area contributed by atoms with Crippen molar-refractivity contribution < 1.29 is 23.1 Å². The number of nitrogens with one attached hydrogen (secondary N) is 1. The van der Waals surface area contributed by atoms with Crippen molar-refractivity contribution in [1.82, 2.24) is 20.2 Å². The first-order valence-corrected chi connectivity index (χ1v) is 13.4. The number of benzene rings is 2. The quantitative estimate of drug-likeness (QED) is 0.368. The van der Waals surface area contributed by atoms with E-state index in [1.54, 1.807) is 12.2 Å². The lowest BCUT2D eigenvalue weighted by molar-refractivity contribution is -0.155. The van der Waals surface area contributed by atoms with E-state index in [4.69, 9.17) is 14.7 Å². The topological polar surface area (TPSA) is 68.6 Å². The summed E-state index contributed by atoms with van der Waals surface area (Å²) in [6.07, 6.45) is 2.92. The smallest absolute Gasteiger partial charge is 0.159 e. The van der Waals surface area contributed by atoms with Crippen molar-refractivity contribution in [3.63, 3.8) is 0 Å². The summed E-state index contributed by atoms with van der Waals surface area (Å²) >= 11 is 0. The number of hydroxylamine groups is 2. The fourth-order valence-corrected chi connectivity index (χ4v) is 5.39. The Morgan fingerprint density at radius 3 is 2.67 bits per heavy atom. The summed E-state index contributed by atoms with van der Waals surface area (Å²) < 4.78 is 34.7. The molecular formula is C30H35ClF2N4O3. The Kier molecular flexibility index (Phi) is 10.2. The third kappa shape index (κ3) is 6.67. The largest absolute Gasteiger partial charge is 0.383 e. The molecule has 1 N–H and O–H groups in total. The molecular weight excluding hydrogens is 538 g/mol. The molecule has 0 bridgehead atoms. The van der Waals surface area contributed by atoms with E-state index in [1.165, 1.54) is 11.6 Å². The number of nitrogens with zero attached hydrogens (tertiary/aromatic N) is 3. The van der Waals surface area contributed by atoms with E-state index in [0.717, 1.165) is 54.3 Å². The molecule has 2 aliphatic heterocycles. The SMILES string of the molecule is COCCN1C[C@@H](CC(=O)Cc2c(C)c(C3=CCNCC3)nn2-c2ccccc2)[C@H](c2ccc(F)c(F)c2)O1.Cl. The van der Waals surface area contributed by atoms with Crippen molar-refractivity contribution >= 4 is 23.8 Å². The van der Waals surface area contributed by atoms with Crippen molar-refractivity contribution in [2.75, 3.05) is 39.9 Å². The molecule has 5 rings (SSSR count). The van der Waals surface area contributed by atoms with Crippen LogP contribution in [0.5, 0.6) is 0 Å². The zero-order valence-corrected chi connectivity index (χ0v) is 23.6. The summed E-state index contributed by atoms with van der Waals surface area (Å²) in [5, 5.41) is 10.0. The lowest BCUT2D eigenvalue weighted by Crippen LogP contribution is -2.24. The van der Waals surface area contributed by atoms with Gasteiger partial charge in [-0.05, 0) is 60.9 Å². The van der Waals surface area contributed by atoms with Crippen molar-refractivity contribution in [3.8, 4) is 5.69 Å². The van der Waals surface area contributed by atoms with Crippen LogP contribution in [0.15, 0.2) is 54.6 Å². The van der Waals surface area contributed by atoms with E-state index >= 15 is 0 Å². The average Bonchev–Trinajstić information content (AvgIpc) is 3.50. The molecule has 0 amide bonds. The fraction of sp³-hybridized carbons (Fsp3) is 0.400. The number of ether oxygens (including phenoxy) is 1. The van der Waals surface area contributed by atoms with E-state index < -0.39 is 17.7 Å². The summed E-state index contributed by atoms with van der Waals surface area (Å²) in [6.45, 7) is 5.17. The summed E-state index contributed by atoms with van der Waals surface area (Å²) in [6, 6.07) is 13.6. The van der Waals surface area contributed by atoms with E-state index in [-0.39, 0.29) is 36.9 Å². The van der Waals surface area contributed by atoms with Gasteiger partial charge in [-0.1, -0.05) is 30.3 Å². The van der Waals surface area contributed by atoms with Gasteiger partial charge in [0, 0.05) is 45.5 Å². The number of rotatable bonds is 10. The molecule has 0 spiro atoms. The van der Waals surface area contributed by atoms with Gasteiger partial charge in [0.15, 0.2) is 11.6 Å². The van der Waals surface area contributed by atoms with Gasteiger partial charge < -0.3 is 10.1 Å². The molecule has 214 valence electrons. The lowest BCUT2D eigenvalue weighted by atomic mass is 9.90. The molecule has 7 nitrogen and oxygen atoms in total. The third-order valence-corrected chi connectivity index (χ3v) is 7.41. The van der Waals surface area contributed by atoms with E-state index in [1.807, 2.05) is 41.9 Å². The van der Waals surface area contributed by atoms with E-state index in [9.17, 15) is 13.6 Å². The minimum Gasteiger partial charge on any atom is -0.383 e. The predicted molar refractivity (Wildman–Crippen MR) is 151 cm³/mol. The second-order valence-electron chi connectivity index (χ2n) is 10.1. The van der Waals surface area contributed by atoms with Gasteiger partial charge in [-0.15, -0.1) is 12.4 Å². The molecule has 2 aliphatic rings. The number of aromatic nitrogens is 2. The Labute approximate surface area is 239 Å². The molecule has 40 heavy (non-hydrogen) atoms. The van der Waals surface area contributed by atoms with Gasteiger partial charge in [0.1, 0.15) is 11.9 Å². The van der Waals surface area contributed by atoms with Crippen molar-refractivity contribution in [2.24, 2.45) is 5.92 Å². The highest BCUT2D eigenvalue weighted by molar-refractivity contribution is 5.85. The van der Waals surface area contributed by atoms with Gasteiger partial charge in [-0.2, -0.15) is 10.2 Å². The number of methoxy groups -OCH3 is 1. The standard InChI is InChI=1S/C30H34F2N4O3.ClH/c1-20-28(36(24-6-4-3-5-7-24)34-29(20)21-10-12-33-13-11-21)18-25(37)16-23-19-35(14-15-38-2)39-30(23)22-8-9-26(31)27(32)17-22;/h3-10,17,23,30,33H,11-16,18-19H2,1-2H3;1H/t23-,30+;/m1./s1. The lowest BCUT2D eigenvalue weighted by Gasteiger charge is -2.18. The number of ketones is 1. The molecule has 1 fully saturated rings. The summed E-state index contributed by atoms with van der Waals surface area (Å²) in [4.78, 5) is 19.7. The third-order valence-electron chi connectivity index (χ3n) is 7.41. The van der Waals surface area contributed by atoms with Crippen LogP contribution >= 0.6 is 12.4 Å². The van der Waals surface area contributed by atoms with Gasteiger partial charge in [0.25, 0.3) is 0 Å². The Morgan fingerprint density at radius 1 is 1.18 bits per heavy atom. The van der Waals surface area contributed by atoms with Crippen LogP contribution in [0.3, 0.4) is 0 Å². The molecule has 1 aromatic heterocycles. The number of hydrogen-bond acceptors (Lipinski definition) is 6. The second kappa shape index (κ2) is 13.6.